The third kappa shape index (κ3) is 3.57. The van der Waals surface area contributed by atoms with Gasteiger partial charge in [0.15, 0.2) is 0 Å². The summed E-state index contributed by atoms with van der Waals surface area (Å²) in [6.45, 7) is 3.35. The number of anilines is 1. The molecule has 0 aliphatic heterocycles. The quantitative estimate of drug-likeness (QED) is 0.911. The molecule has 1 rings (SSSR count). The molecule has 0 atom stereocenters. The van der Waals surface area contributed by atoms with Crippen molar-refractivity contribution >= 4 is 24.0 Å². The van der Waals surface area contributed by atoms with Crippen molar-refractivity contribution in [1.29, 1.82) is 0 Å². The Balaban J connectivity index is 3.14. The molecule has 6 heteroatoms. The van der Waals surface area contributed by atoms with Crippen molar-refractivity contribution in [3.05, 3.63) is 30.3 Å². The molecule has 0 aliphatic carbocycles. The summed E-state index contributed by atoms with van der Waals surface area (Å²) >= 11 is 0. The van der Waals surface area contributed by atoms with Crippen molar-refractivity contribution in [3.8, 4) is 0 Å². The molecule has 0 heterocycles. The minimum absolute atomic E-state index is 0.184. The van der Waals surface area contributed by atoms with Gasteiger partial charge in [-0.1, -0.05) is 18.2 Å². The van der Waals surface area contributed by atoms with E-state index in [9.17, 15) is 14.4 Å². The van der Waals surface area contributed by atoms with Gasteiger partial charge in [-0.25, -0.2) is 14.5 Å². The average molecular weight is 276 g/mol. The summed E-state index contributed by atoms with van der Waals surface area (Å²) in [6.07, 6.45) is 1.69. The Morgan fingerprint density at radius 2 is 1.85 bits per heavy atom. The fourth-order valence-corrected chi connectivity index (χ4v) is 1.67. The van der Waals surface area contributed by atoms with Crippen LogP contribution in [0.25, 0.3) is 0 Å². The number of benzene rings is 1. The molecule has 0 saturated heterocycles. The number of rotatable bonds is 4. The molecule has 0 aliphatic rings. The van der Waals surface area contributed by atoms with Gasteiger partial charge in [0.25, 0.3) is 0 Å². The van der Waals surface area contributed by atoms with E-state index >= 15 is 0 Å². The second-order valence-corrected chi connectivity index (χ2v) is 4.37. The Bertz CT molecular complexity index is 474. The Morgan fingerprint density at radius 1 is 1.25 bits per heavy atom. The van der Waals surface area contributed by atoms with Crippen LogP contribution in [0.15, 0.2) is 30.3 Å². The lowest BCUT2D eigenvalue weighted by atomic mass is 10.3. The third-order valence-electron chi connectivity index (χ3n) is 2.73. The van der Waals surface area contributed by atoms with Crippen LogP contribution in [0.2, 0.25) is 0 Å². The van der Waals surface area contributed by atoms with Crippen LogP contribution in [0.4, 0.5) is 15.3 Å². The van der Waals surface area contributed by atoms with Crippen molar-refractivity contribution in [3.63, 3.8) is 0 Å². The van der Waals surface area contributed by atoms with Gasteiger partial charge in [0, 0.05) is 13.1 Å². The Kier molecular flexibility index (Phi) is 5.71. The van der Waals surface area contributed by atoms with Gasteiger partial charge >= 0.3 is 12.1 Å². The second kappa shape index (κ2) is 7.28. The summed E-state index contributed by atoms with van der Waals surface area (Å²) in [5, 5.41) is 2.42. The predicted molar refractivity (Wildman–Crippen MR) is 76.3 cm³/mol. The lowest BCUT2D eigenvalue weighted by Gasteiger charge is -2.30. The van der Waals surface area contributed by atoms with E-state index < -0.39 is 12.1 Å². The first-order valence-corrected chi connectivity index (χ1v) is 6.25. The number of nitrogens with one attached hydrogen (secondary N) is 1. The molecular weight excluding hydrogens is 258 g/mol. The van der Waals surface area contributed by atoms with Crippen molar-refractivity contribution < 1.29 is 14.4 Å². The van der Waals surface area contributed by atoms with Crippen LogP contribution in [-0.2, 0) is 4.79 Å². The molecule has 0 spiro atoms. The molecule has 1 radical (unpaired) electrons. The van der Waals surface area contributed by atoms with Crippen LogP contribution in [0.3, 0.4) is 0 Å². The molecule has 20 heavy (non-hydrogen) atoms. The smallest absolute Gasteiger partial charge is 0.333 e. The minimum Gasteiger partial charge on any atom is -0.340 e. The molecule has 107 valence electrons. The van der Waals surface area contributed by atoms with E-state index in [0.29, 0.717) is 5.69 Å². The summed E-state index contributed by atoms with van der Waals surface area (Å²) in [7, 11) is 1.44. The number of imide groups is 1. The molecule has 0 unspecified atom stereocenters. The molecule has 0 fully saturated rings. The lowest BCUT2D eigenvalue weighted by Crippen LogP contribution is -2.52. The molecule has 1 N–H and O–H groups in total. The van der Waals surface area contributed by atoms with Crippen LogP contribution < -0.4 is 10.2 Å². The van der Waals surface area contributed by atoms with E-state index in [2.05, 4.69) is 5.32 Å². The fraction of sp³-hybridized carbons (Fsp3) is 0.357. The summed E-state index contributed by atoms with van der Waals surface area (Å²) < 4.78 is 0. The van der Waals surface area contributed by atoms with Gasteiger partial charge in [-0.15, -0.1) is 0 Å². The summed E-state index contributed by atoms with van der Waals surface area (Å²) in [5.74, 6) is 0. The standard InChI is InChI=1S/C14H18N3O3/c1-11(2)16(9-10-18)14(20)17(13(19)15-3)12-7-5-4-6-8-12/h4-8,11H,9H2,1-3H3,(H,15,19). The Labute approximate surface area is 118 Å². The zero-order valence-corrected chi connectivity index (χ0v) is 11.8. The van der Waals surface area contributed by atoms with Crippen LogP contribution in [0, 0.1) is 0 Å². The summed E-state index contributed by atoms with van der Waals surface area (Å²) in [5.41, 5.74) is 0.438. The third-order valence-corrected chi connectivity index (χ3v) is 2.73. The van der Waals surface area contributed by atoms with Gasteiger partial charge < -0.3 is 10.2 Å². The van der Waals surface area contributed by atoms with Gasteiger partial charge in [-0.05, 0) is 26.0 Å². The Morgan fingerprint density at radius 3 is 2.30 bits per heavy atom. The number of para-hydroxylation sites is 1. The van der Waals surface area contributed by atoms with E-state index in [1.165, 1.54) is 11.9 Å². The molecule has 0 bridgehead atoms. The molecule has 0 aromatic heterocycles. The van der Waals surface area contributed by atoms with Crippen molar-refractivity contribution in [2.75, 3.05) is 18.5 Å². The van der Waals surface area contributed by atoms with E-state index in [1.807, 2.05) is 0 Å². The summed E-state index contributed by atoms with van der Waals surface area (Å²) in [4.78, 5) is 37.3. The first-order valence-electron chi connectivity index (χ1n) is 6.25. The van der Waals surface area contributed by atoms with E-state index in [-0.39, 0.29) is 12.6 Å². The number of amides is 4. The van der Waals surface area contributed by atoms with Gasteiger partial charge in [0.05, 0.1) is 12.2 Å². The topological polar surface area (TPSA) is 69.7 Å². The molecule has 1 aromatic carbocycles. The lowest BCUT2D eigenvalue weighted by molar-refractivity contribution is 0.196. The first kappa shape index (κ1) is 15.7. The number of hydrogen-bond donors (Lipinski definition) is 1. The fourth-order valence-electron chi connectivity index (χ4n) is 1.67. The average Bonchev–Trinajstić information content (AvgIpc) is 2.45. The number of urea groups is 2. The largest absolute Gasteiger partial charge is 0.340 e. The zero-order chi connectivity index (χ0) is 15.1. The Hall–Kier alpha value is -2.37. The number of nitrogens with zero attached hydrogens (tertiary/aromatic N) is 2. The first-order chi connectivity index (χ1) is 9.52. The highest BCUT2D eigenvalue weighted by atomic mass is 16.2. The number of carbonyl (C=O) groups is 2. The predicted octanol–water partition coefficient (Wildman–Crippen LogP) is 1.77. The molecule has 1 aromatic rings. The van der Waals surface area contributed by atoms with Gasteiger partial charge in [0.2, 0.25) is 6.29 Å². The van der Waals surface area contributed by atoms with Crippen LogP contribution in [0.1, 0.15) is 13.8 Å². The number of carbonyl (C=O) groups excluding carboxylic acids is 3. The number of hydrogen-bond acceptors (Lipinski definition) is 3. The second-order valence-electron chi connectivity index (χ2n) is 4.37. The van der Waals surface area contributed by atoms with Crippen LogP contribution >= 0.6 is 0 Å². The molecule has 6 nitrogen and oxygen atoms in total. The SMILES string of the molecule is CNC(=O)N(C(=O)N(C[C]=O)C(C)C)c1ccccc1. The normalized spacial score (nSPS) is 10.0. The maximum absolute atomic E-state index is 12.5. The minimum atomic E-state index is -0.561. The van der Waals surface area contributed by atoms with E-state index in [0.717, 1.165) is 4.90 Å². The van der Waals surface area contributed by atoms with E-state index in [1.54, 1.807) is 50.5 Å². The van der Waals surface area contributed by atoms with Gasteiger partial charge in [0.1, 0.15) is 0 Å². The highest BCUT2D eigenvalue weighted by Gasteiger charge is 2.28. The molecular formula is C14H18N3O3. The molecule has 0 saturated carbocycles. The summed E-state index contributed by atoms with van der Waals surface area (Å²) in [6, 6.07) is 7.20. The maximum Gasteiger partial charge on any atom is 0.333 e. The van der Waals surface area contributed by atoms with Crippen molar-refractivity contribution in [2.45, 2.75) is 19.9 Å². The zero-order valence-electron chi connectivity index (χ0n) is 11.8. The maximum atomic E-state index is 12.5. The van der Waals surface area contributed by atoms with Crippen molar-refractivity contribution in [1.82, 2.24) is 10.2 Å². The van der Waals surface area contributed by atoms with Gasteiger partial charge in [-0.3, -0.25) is 4.79 Å². The monoisotopic (exact) mass is 276 g/mol. The highest BCUT2D eigenvalue weighted by Crippen LogP contribution is 2.16. The van der Waals surface area contributed by atoms with Crippen LogP contribution in [0.5, 0.6) is 0 Å². The van der Waals surface area contributed by atoms with Crippen molar-refractivity contribution in [2.24, 2.45) is 0 Å². The molecule has 4 amide bonds. The van der Waals surface area contributed by atoms with Gasteiger partial charge in [-0.2, -0.15) is 0 Å². The van der Waals surface area contributed by atoms with Crippen LogP contribution in [-0.4, -0.2) is 42.9 Å². The van der Waals surface area contributed by atoms with E-state index in [4.69, 9.17) is 0 Å². The highest BCUT2D eigenvalue weighted by molar-refractivity contribution is 6.13.